The summed E-state index contributed by atoms with van der Waals surface area (Å²) in [5, 5.41) is 5.11. The molecule has 5 heterocycles. The molecule has 0 aliphatic carbocycles. The maximum atomic E-state index is 13.9. The predicted molar refractivity (Wildman–Crippen MR) is 128 cm³/mol. The van der Waals surface area contributed by atoms with Crippen molar-refractivity contribution < 1.29 is 23.9 Å². The molecular weight excluding hydrogens is 470 g/mol. The maximum Gasteiger partial charge on any atom is 0.257 e. The lowest BCUT2D eigenvalue weighted by atomic mass is 10.1. The number of methoxy groups -OCH3 is 1. The van der Waals surface area contributed by atoms with Crippen molar-refractivity contribution in [2.45, 2.75) is 31.1 Å². The summed E-state index contributed by atoms with van der Waals surface area (Å²) in [6, 6.07) is 6.56. The van der Waals surface area contributed by atoms with Gasteiger partial charge < -0.3 is 24.6 Å². The van der Waals surface area contributed by atoms with E-state index in [-0.39, 0.29) is 54.9 Å². The van der Waals surface area contributed by atoms with Crippen LogP contribution in [0.4, 0.5) is 0 Å². The molecule has 35 heavy (non-hydrogen) atoms. The molecule has 3 atom stereocenters. The van der Waals surface area contributed by atoms with E-state index in [9.17, 15) is 14.4 Å². The van der Waals surface area contributed by atoms with Gasteiger partial charge in [0.15, 0.2) is 0 Å². The third kappa shape index (κ3) is 5.02. The SMILES string of the molecule is COCC(=O)N1CCN2C(=O)[C@@H]3C[C@@H](CN3Cc3cccs3)NC(=O)c3cccnc3OC[C@@H]2C1. The molecule has 0 saturated carbocycles. The monoisotopic (exact) mass is 499 g/mol. The van der Waals surface area contributed by atoms with Crippen LogP contribution in [0.15, 0.2) is 35.8 Å². The third-order valence-electron chi connectivity index (χ3n) is 6.78. The fraction of sp³-hybridized carbons (Fsp3) is 0.500. The molecule has 2 aromatic rings. The number of nitrogens with one attached hydrogen (secondary N) is 1. The highest BCUT2D eigenvalue weighted by molar-refractivity contribution is 7.09. The smallest absolute Gasteiger partial charge is 0.257 e. The first-order valence-electron chi connectivity index (χ1n) is 11.8. The Kier molecular flexibility index (Phi) is 6.98. The number of amides is 3. The van der Waals surface area contributed by atoms with Gasteiger partial charge in [-0.1, -0.05) is 6.07 Å². The number of rotatable bonds is 4. The van der Waals surface area contributed by atoms with E-state index in [0.29, 0.717) is 44.7 Å². The van der Waals surface area contributed by atoms with Gasteiger partial charge in [0.1, 0.15) is 18.8 Å². The highest BCUT2D eigenvalue weighted by atomic mass is 32.1. The fourth-order valence-corrected chi connectivity index (χ4v) is 5.81. The number of fused-ring (bicyclic) bond motifs is 4. The summed E-state index contributed by atoms with van der Waals surface area (Å²) in [4.78, 5) is 50.7. The van der Waals surface area contributed by atoms with E-state index in [2.05, 4.69) is 21.3 Å². The lowest BCUT2D eigenvalue weighted by Crippen LogP contribution is -2.61. The van der Waals surface area contributed by atoms with Crippen molar-refractivity contribution in [3.05, 3.63) is 46.3 Å². The van der Waals surface area contributed by atoms with Crippen LogP contribution < -0.4 is 10.1 Å². The summed E-state index contributed by atoms with van der Waals surface area (Å²) in [7, 11) is 1.49. The van der Waals surface area contributed by atoms with Crippen LogP contribution in [0.1, 0.15) is 21.7 Å². The van der Waals surface area contributed by atoms with E-state index in [1.165, 1.54) is 12.0 Å². The number of pyridine rings is 1. The Morgan fingerprint density at radius 3 is 2.94 bits per heavy atom. The maximum absolute atomic E-state index is 13.9. The molecule has 11 heteroatoms. The van der Waals surface area contributed by atoms with Crippen molar-refractivity contribution in [2.75, 3.05) is 46.5 Å². The largest absolute Gasteiger partial charge is 0.475 e. The minimum atomic E-state index is -0.364. The first-order chi connectivity index (χ1) is 17.0. The number of ether oxygens (including phenoxy) is 2. The molecule has 0 spiro atoms. The van der Waals surface area contributed by atoms with Crippen LogP contribution in [0.2, 0.25) is 0 Å². The lowest BCUT2D eigenvalue weighted by molar-refractivity contribution is -0.148. The van der Waals surface area contributed by atoms with Gasteiger partial charge in [0, 0.05) is 56.9 Å². The number of hydrogen-bond donors (Lipinski definition) is 1. The van der Waals surface area contributed by atoms with Crippen molar-refractivity contribution in [3.63, 3.8) is 0 Å². The second-order valence-corrected chi connectivity index (χ2v) is 10.1. The molecule has 0 unspecified atom stereocenters. The van der Waals surface area contributed by atoms with E-state index in [4.69, 9.17) is 9.47 Å². The Balaban J connectivity index is 1.46. The molecule has 2 bridgehead atoms. The first kappa shape index (κ1) is 23.7. The number of nitrogens with zero attached hydrogens (tertiary/aromatic N) is 4. The molecule has 3 amide bonds. The molecule has 2 fully saturated rings. The second-order valence-electron chi connectivity index (χ2n) is 9.06. The number of piperazine rings is 1. The van der Waals surface area contributed by atoms with Gasteiger partial charge in [0.2, 0.25) is 17.7 Å². The summed E-state index contributed by atoms with van der Waals surface area (Å²) in [5.74, 6) is -0.153. The average molecular weight is 500 g/mol. The van der Waals surface area contributed by atoms with Gasteiger partial charge in [-0.05, 0) is 30.0 Å². The van der Waals surface area contributed by atoms with Crippen LogP contribution in [0.25, 0.3) is 0 Å². The Labute approximate surface area is 207 Å². The Morgan fingerprint density at radius 2 is 2.14 bits per heavy atom. The molecular formula is C24H29N5O5S. The van der Waals surface area contributed by atoms with Crippen LogP contribution in [-0.2, 0) is 20.9 Å². The van der Waals surface area contributed by atoms with Crippen LogP contribution in [0, 0.1) is 0 Å². The van der Waals surface area contributed by atoms with E-state index in [1.807, 2.05) is 16.3 Å². The molecule has 3 aliphatic heterocycles. The zero-order chi connectivity index (χ0) is 24.4. The van der Waals surface area contributed by atoms with Gasteiger partial charge >= 0.3 is 0 Å². The van der Waals surface area contributed by atoms with Crippen molar-refractivity contribution in [1.29, 1.82) is 0 Å². The molecule has 1 N–H and O–H groups in total. The second kappa shape index (κ2) is 10.3. The molecule has 2 saturated heterocycles. The lowest BCUT2D eigenvalue weighted by Gasteiger charge is -2.43. The standard InChI is InChI=1S/C24H29N5O5S/c1-33-15-21(30)27-7-8-29-17(12-27)14-34-23-19(5-2-6-25-23)22(31)26-16-10-20(24(29)32)28(11-16)13-18-4-3-9-35-18/h2-6,9,16-17,20H,7-8,10-15H2,1H3,(H,26,31)/t16-,17-,20-/m0/s1. The summed E-state index contributed by atoms with van der Waals surface area (Å²) in [5.41, 5.74) is 0.363. The van der Waals surface area contributed by atoms with Crippen LogP contribution in [0.3, 0.4) is 0 Å². The van der Waals surface area contributed by atoms with Crippen LogP contribution >= 0.6 is 11.3 Å². The third-order valence-corrected chi connectivity index (χ3v) is 7.64. The first-order valence-corrected chi connectivity index (χ1v) is 12.6. The Hall–Kier alpha value is -3.02. The van der Waals surface area contributed by atoms with Crippen molar-refractivity contribution in [1.82, 2.24) is 25.0 Å². The normalized spacial score (nSPS) is 25.1. The van der Waals surface area contributed by atoms with Gasteiger partial charge in [-0.3, -0.25) is 19.3 Å². The highest BCUT2D eigenvalue weighted by Gasteiger charge is 2.43. The van der Waals surface area contributed by atoms with Crippen molar-refractivity contribution in [3.8, 4) is 5.88 Å². The van der Waals surface area contributed by atoms with E-state index < -0.39 is 0 Å². The number of aromatic nitrogens is 1. The molecule has 0 aromatic carbocycles. The zero-order valence-corrected chi connectivity index (χ0v) is 20.4. The fourth-order valence-electron chi connectivity index (χ4n) is 5.08. The zero-order valence-electron chi connectivity index (χ0n) is 19.6. The van der Waals surface area contributed by atoms with Gasteiger partial charge in [-0.2, -0.15) is 0 Å². The molecule has 2 aromatic heterocycles. The summed E-state index contributed by atoms with van der Waals surface area (Å²) < 4.78 is 11.0. The molecule has 186 valence electrons. The van der Waals surface area contributed by atoms with Gasteiger partial charge in [0.05, 0.1) is 12.1 Å². The van der Waals surface area contributed by atoms with Crippen LogP contribution in [0.5, 0.6) is 5.88 Å². The van der Waals surface area contributed by atoms with Crippen molar-refractivity contribution >= 4 is 29.1 Å². The summed E-state index contributed by atoms with van der Waals surface area (Å²) in [6.07, 6.45) is 2.10. The van der Waals surface area contributed by atoms with Crippen LogP contribution in [-0.4, -0.2) is 102 Å². The number of carbonyl (C=O) groups is 3. The molecule has 10 nitrogen and oxygen atoms in total. The molecule has 0 radical (unpaired) electrons. The van der Waals surface area contributed by atoms with E-state index in [1.54, 1.807) is 34.6 Å². The minimum Gasteiger partial charge on any atom is -0.475 e. The highest BCUT2D eigenvalue weighted by Crippen LogP contribution is 2.27. The minimum absolute atomic E-state index is 0.00700. The number of likely N-dealkylation sites (tertiary alicyclic amines) is 1. The summed E-state index contributed by atoms with van der Waals surface area (Å²) in [6.45, 7) is 2.53. The quantitative estimate of drug-likeness (QED) is 0.657. The number of carbonyl (C=O) groups excluding carboxylic acids is 3. The molecule has 5 rings (SSSR count). The van der Waals surface area contributed by atoms with E-state index in [0.717, 1.165) is 0 Å². The predicted octanol–water partition coefficient (Wildman–Crippen LogP) is 0.594. The number of thiophene rings is 1. The van der Waals surface area contributed by atoms with Gasteiger partial charge in [-0.15, -0.1) is 11.3 Å². The van der Waals surface area contributed by atoms with E-state index >= 15 is 0 Å². The average Bonchev–Trinajstić information content (AvgIpc) is 3.52. The Morgan fingerprint density at radius 1 is 1.26 bits per heavy atom. The topological polar surface area (TPSA) is 104 Å². The van der Waals surface area contributed by atoms with Crippen molar-refractivity contribution in [2.24, 2.45) is 0 Å². The van der Waals surface area contributed by atoms with Gasteiger partial charge in [-0.25, -0.2) is 4.98 Å². The Bertz CT molecular complexity index is 1080. The molecule has 3 aliphatic rings. The summed E-state index contributed by atoms with van der Waals surface area (Å²) >= 11 is 1.65. The number of hydrogen-bond acceptors (Lipinski definition) is 8. The van der Waals surface area contributed by atoms with Gasteiger partial charge in [0.25, 0.3) is 5.91 Å².